The van der Waals surface area contributed by atoms with Gasteiger partial charge in [-0.25, -0.2) is 0 Å². The molecule has 21 heavy (non-hydrogen) atoms. The molecular weight excluding hydrogens is 345 g/mol. The van der Waals surface area contributed by atoms with Crippen LogP contribution in [0.2, 0.25) is 0 Å². The summed E-state index contributed by atoms with van der Waals surface area (Å²) in [6, 6.07) is 12.5. The van der Waals surface area contributed by atoms with Gasteiger partial charge in [0.15, 0.2) is 0 Å². The molecule has 0 saturated heterocycles. The van der Waals surface area contributed by atoms with Crippen LogP contribution < -0.4 is 0 Å². The van der Waals surface area contributed by atoms with Crippen LogP contribution in [-0.2, 0) is 19.0 Å². The molecule has 0 aromatic heterocycles. The summed E-state index contributed by atoms with van der Waals surface area (Å²) in [6.45, 7) is 0. The highest BCUT2D eigenvalue weighted by Gasteiger charge is 2.29. The molecule has 1 unspecified atom stereocenters. The van der Waals surface area contributed by atoms with Crippen LogP contribution in [0.1, 0.15) is 16.7 Å². The van der Waals surface area contributed by atoms with E-state index in [0.29, 0.717) is 18.4 Å². The van der Waals surface area contributed by atoms with E-state index in [1.165, 1.54) is 12.1 Å². The number of aliphatic hydroxyl groups is 1. The SMILES string of the molecule is OC(Cc1ccc(C(F)(F)F)cc1)Cc1cccc(Br)c1. The van der Waals surface area contributed by atoms with Crippen LogP contribution in [-0.4, -0.2) is 11.2 Å². The third kappa shape index (κ3) is 4.86. The van der Waals surface area contributed by atoms with Crippen molar-refractivity contribution in [1.29, 1.82) is 0 Å². The van der Waals surface area contributed by atoms with Crippen molar-refractivity contribution in [1.82, 2.24) is 0 Å². The van der Waals surface area contributed by atoms with Crippen molar-refractivity contribution in [2.24, 2.45) is 0 Å². The van der Waals surface area contributed by atoms with Gasteiger partial charge >= 0.3 is 6.18 Å². The lowest BCUT2D eigenvalue weighted by molar-refractivity contribution is -0.137. The highest BCUT2D eigenvalue weighted by molar-refractivity contribution is 9.10. The van der Waals surface area contributed by atoms with Gasteiger partial charge in [-0.3, -0.25) is 0 Å². The lowest BCUT2D eigenvalue weighted by atomic mass is 10.0. The van der Waals surface area contributed by atoms with E-state index in [9.17, 15) is 18.3 Å². The molecule has 0 radical (unpaired) electrons. The van der Waals surface area contributed by atoms with Gasteiger partial charge in [0.2, 0.25) is 0 Å². The van der Waals surface area contributed by atoms with Crippen LogP contribution in [0.5, 0.6) is 0 Å². The van der Waals surface area contributed by atoms with E-state index in [-0.39, 0.29) is 0 Å². The standard InChI is InChI=1S/C16H14BrF3O/c17-14-3-1-2-12(8-14)10-15(21)9-11-4-6-13(7-5-11)16(18,19)20/h1-8,15,21H,9-10H2. The Balaban J connectivity index is 1.98. The van der Waals surface area contributed by atoms with E-state index in [1.54, 1.807) is 0 Å². The fraction of sp³-hybridized carbons (Fsp3) is 0.250. The van der Waals surface area contributed by atoms with Crippen LogP contribution in [0.25, 0.3) is 0 Å². The van der Waals surface area contributed by atoms with Gasteiger partial charge in [-0.15, -0.1) is 0 Å². The average molecular weight is 359 g/mol. The molecule has 0 aliphatic carbocycles. The summed E-state index contributed by atoms with van der Waals surface area (Å²) in [4.78, 5) is 0. The molecular formula is C16H14BrF3O. The van der Waals surface area contributed by atoms with Gasteiger partial charge < -0.3 is 5.11 Å². The Kier molecular flexibility index (Phi) is 5.06. The minimum absolute atomic E-state index is 0.324. The molecule has 2 aromatic rings. The van der Waals surface area contributed by atoms with E-state index in [2.05, 4.69) is 15.9 Å². The number of halogens is 4. The van der Waals surface area contributed by atoms with Gasteiger partial charge in [0.25, 0.3) is 0 Å². The summed E-state index contributed by atoms with van der Waals surface area (Å²) in [7, 11) is 0. The minimum Gasteiger partial charge on any atom is -0.392 e. The number of rotatable bonds is 4. The molecule has 0 heterocycles. The van der Waals surface area contributed by atoms with E-state index < -0.39 is 17.8 Å². The normalized spacial score (nSPS) is 13.2. The Bertz CT molecular complexity index is 593. The second kappa shape index (κ2) is 6.62. The van der Waals surface area contributed by atoms with Gasteiger partial charge in [0, 0.05) is 4.47 Å². The van der Waals surface area contributed by atoms with E-state index in [4.69, 9.17) is 0 Å². The lowest BCUT2D eigenvalue weighted by Gasteiger charge is -2.12. The summed E-state index contributed by atoms with van der Waals surface area (Å²) in [6.07, 6.45) is -4.17. The molecule has 2 aromatic carbocycles. The van der Waals surface area contributed by atoms with Gasteiger partial charge in [-0.1, -0.05) is 40.2 Å². The van der Waals surface area contributed by atoms with E-state index in [0.717, 1.165) is 22.2 Å². The third-order valence-corrected chi connectivity index (χ3v) is 3.61. The van der Waals surface area contributed by atoms with E-state index >= 15 is 0 Å². The largest absolute Gasteiger partial charge is 0.416 e. The first kappa shape index (κ1) is 16.0. The lowest BCUT2D eigenvalue weighted by Crippen LogP contribution is -2.14. The van der Waals surface area contributed by atoms with Crippen molar-refractivity contribution in [2.75, 3.05) is 0 Å². The van der Waals surface area contributed by atoms with Crippen LogP contribution in [0.4, 0.5) is 13.2 Å². The monoisotopic (exact) mass is 358 g/mol. The summed E-state index contributed by atoms with van der Waals surface area (Å²) in [5.41, 5.74) is 0.988. The molecule has 0 aliphatic rings. The second-order valence-electron chi connectivity index (χ2n) is 4.89. The Labute approximate surface area is 129 Å². The van der Waals surface area contributed by atoms with Crippen molar-refractivity contribution in [2.45, 2.75) is 25.1 Å². The fourth-order valence-corrected chi connectivity index (χ4v) is 2.56. The first-order chi connectivity index (χ1) is 9.84. The number of hydrogen-bond acceptors (Lipinski definition) is 1. The molecule has 0 bridgehead atoms. The maximum atomic E-state index is 12.5. The van der Waals surface area contributed by atoms with Crippen LogP contribution in [0.15, 0.2) is 53.0 Å². The quantitative estimate of drug-likeness (QED) is 0.845. The van der Waals surface area contributed by atoms with Crippen molar-refractivity contribution >= 4 is 15.9 Å². The maximum absolute atomic E-state index is 12.5. The van der Waals surface area contributed by atoms with Crippen LogP contribution in [0, 0.1) is 0 Å². The number of alkyl halides is 3. The van der Waals surface area contributed by atoms with Gasteiger partial charge in [-0.2, -0.15) is 13.2 Å². The topological polar surface area (TPSA) is 20.2 Å². The molecule has 1 N–H and O–H groups in total. The Morgan fingerprint density at radius 1 is 0.952 bits per heavy atom. The Morgan fingerprint density at radius 3 is 2.14 bits per heavy atom. The Hall–Kier alpha value is -1.33. The molecule has 2 rings (SSSR count). The minimum atomic E-state index is -4.33. The average Bonchev–Trinajstić information content (AvgIpc) is 2.38. The number of aliphatic hydroxyl groups excluding tert-OH is 1. The van der Waals surface area contributed by atoms with Crippen molar-refractivity contribution in [3.8, 4) is 0 Å². The molecule has 1 atom stereocenters. The van der Waals surface area contributed by atoms with Crippen molar-refractivity contribution in [3.63, 3.8) is 0 Å². The van der Waals surface area contributed by atoms with Gasteiger partial charge in [-0.05, 0) is 48.2 Å². The molecule has 0 saturated carbocycles. The summed E-state index contributed by atoms with van der Waals surface area (Å²) < 4.78 is 38.3. The highest BCUT2D eigenvalue weighted by Crippen LogP contribution is 2.29. The smallest absolute Gasteiger partial charge is 0.392 e. The number of benzene rings is 2. The summed E-state index contributed by atoms with van der Waals surface area (Å²) in [5, 5.41) is 10.0. The van der Waals surface area contributed by atoms with Crippen molar-refractivity contribution in [3.05, 3.63) is 69.7 Å². The Morgan fingerprint density at radius 2 is 1.57 bits per heavy atom. The zero-order valence-corrected chi connectivity index (χ0v) is 12.7. The predicted octanol–water partition coefficient (Wildman–Crippen LogP) is 4.61. The first-order valence-corrected chi connectivity index (χ1v) is 7.22. The van der Waals surface area contributed by atoms with Crippen molar-refractivity contribution < 1.29 is 18.3 Å². The van der Waals surface area contributed by atoms with Gasteiger partial charge in [0.05, 0.1) is 11.7 Å². The number of hydrogen-bond donors (Lipinski definition) is 1. The second-order valence-corrected chi connectivity index (χ2v) is 5.80. The zero-order valence-electron chi connectivity index (χ0n) is 11.1. The fourth-order valence-electron chi connectivity index (χ4n) is 2.11. The molecule has 0 spiro atoms. The highest BCUT2D eigenvalue weighted by atomic mass is 79.9. The molecule has 112 valence electrons. The molecule has 5 heteroatoms. The predicted molar refractivity (Wildman–Crippen MR) is 79.0 cm³/mol. The van der Waals surface area contributed by atoms with E-state index in [1.807, 2.05) is 24.3 Å². The molecule has 0 fully saturated rings. The molecule has 0 aliphatic heterocycles. The first-order valence-electron chi connectivity index (χ1n) is 6.43. The summed E-state index contributed by atoms with van der Waals surface area (Å²) >= 11 is 3.36. The maximum Gasteiger partial charge on any atom is 0.416 e. The molecule has 0 amide bonds. The van der Waals surface area contributed by atoms with Crippen LogP contribution in [0.3, 0.4) is 0 Å². The van der Waals surface area contributed by atoms with Gasteiger partial charge in [0.1, 0.15) is 0 Å². The van der Waals surface area contributed by atoms with Crippen LogP contribution >= 0.6 is 15.9 Å². The third-order valence-electron chi connectivity index (χ3n) is 3.11. The zero-order chi connectivity index (χ0) is 15.5. The summed E-state index contributed by atoms with van der Waals surface area (Å²) in [5.74, 6) is 0. The molecule has 1 nitrogen and oxygen atoms in total.